The molecule has 0 fully saturated rings. The molecule has 3 N–H and O–H groups in total. The second-order valence-corrected chi connectivity index (χ2v) is 5.89. The lowest BCUT2D eigenvalue weighted by Crippen LogP contribution is -2.41. The van der Waals surface area contributed by atoms with Crippen molar-refractivity contribution in [2.75, 3.05) is 11.9 Å². The lowest BCUT2D eigenvalue weighted by molar-refractivity contribution is -0.384. The number of hydrogen-bond donors (Lipinski definition) is 3. The summed E-state index contributed by atoms with van der Waals surface area (Å²) in [4.78, 5) is 33.9. The van der Waals surface area contributed by atoms with Gasteiger partial charge in [-0.15, -0.1) is 0 Å². The van der Waals surface area contributed by atoms with Gasteiger partial charge in [-0.05, 0) is 42.7 Å². The minimum atomic E-state index is -0.458. The van der Waals surface area contributed by atoms with Gasteiger partial charge < -0.3 is 5.32 Å². The van der Waals surface area contributed by atoms with E-state index in [4.69, 9.17) is 0 Å². The van der Waals surface area contributed by atoms with Crippen molar-refractivity contribution in [2.24, 2.45) is 0 Å². The summed E-state index contributed by atoms with van der Waals surface area (Å²) < 4.78 is 0. The van der Waals surface area contributed by atoms with Gasteiger partial charge in [0.25, 0.3) is 11.6 Å². The molecule has 0 heterocycles. The number of nitrogens with one attached hydrogen (secondary N) is 3. The van der Waals surface area contributed by atoms with Crippen molar-refractivity contribution in [2.45, 2.75) is 26.2 Å². The van der Waals surface area contributed by atoms with Crippen LogP contribution in [0, 0.1) is 10.1 Å². The Hall–Kier alpha value is -3.42. The molecule has 0 saturated heterocycles. The van der Waals surface area contributed by atoms with Crippen LogP contribution in [0.4, 0.5) is 11.4 Å². The second-order valence-electron chi connectivity index (χ2n) is 5.89. The van der Waals surface area contributed by atoms with E-state index in [1.165, 1.54) is 12.1 Å². The SMILES string of the molecule is CCc1ccc(C(=O)NNC(=O)CCCNc2ccc([N+](=O)[O-])cc2)cc1. The average molecular weight is 370 g/mol. The lowest BCUT2D eigenvalue weighted by atomic mass is 10.1. The minimum Gasteiger partial charge on any atom is -0.385 e. The molecule has 0 unspecified atom stereocenters. The first-order valence-corrected chi connectivity index (χ1v) is 8.66. The van der Waals surface area contributed by atoms with Crippen LogP contribution < -0.4 is 16.2 Å². The van der Waals surface area contributed by atoms with E-state index in [-0.39, 0.29) is 23.9 Å². The number of amides is 2. The highest BCUT2D eigenvalue weighted by Crippen LogP contribution is 2.15. The maximum Gasteiger partial charge on any atom is 0.269 e. The average Bonchev–Trinajstić information content (AvgIpc) is 2.69. The molecule has 0 bridgehead atoms. The van der Waals surface area contributed by atoms with Crippen LogP contribution in [0.1, 0.15) is 35.7 Å². The Morgan fingerprint density at radius 3 is 2.26 bits per heavy atom. The summed E-state index contributed by atoms with van der Waals surface area (Å²) in [5.74, 6) is -0.658. The van der Waals surface area contributed by atoms with Gasteiger partial charge >= 0.3 is 0 Å². The largest absolute Gasteiger partial charge is 0.385 e. The molecule has 27 heavy (non-hydrogen) atoms. The molecule has 0 aliphatic carbocycles. The number of benzene rings is 2. The van der Waals surface area contributed by atoms with Gasteiger partial charge in [-0.2, -0.15) is 0 Å². The van der Waals surface area contributed by atoms with Crippen LogP contribution >= 0.6 is 0 Å². The molecule has 2 rings (SSSR count). The summed E-state index contributed by atoms with van der Waals surface area (Å²) in [6.45, 7) is 2.56. The number of anilines is 1. The van der Waals surface area contributed by atoms with Crippen LogP contribution in [-0.4, -0.2) is 23.3 Å². The lowest BCUT2D eigenvalue weighted by Gasteiger charge is -2.09. The van der Waals surface area contributed by atoms with Crippen LogP contribution in [-0.2, 0) is 11.2 Å². The second kappa shape index (κ2) is 9.91. The number of hydrogen-bond acceptors (Lipinski definition) is 5. The number of carbonyl (C=O) groups excluding carboxylic acids is 2. The smallest absolute Gasteiger partial charge is 0.269 e. The van der Waals surface area contributed by atoms with Gasteiger partial charge in [-0.25, -0.2) is 0 Å². The van der Waals surface area contributed by atoms with Crippen LogP contribution in [0.2, 0.25) is 0 Å². The van der Waals surface area contributed by atoms with Crippen molar-refractivity contribution in [3.8, 4) is 0 Å². The molecule has 2 aromatic rings. The van der Waals surface area contributed by atoms with Crippen molar-refractivity contribution in [3.63, 3.8) is 0 Å². The summed E-state index contributed by atoms with van der Waals surface area (Å²) in [5, 5.41) is 13.7. The van der Waals surface area contributed by atoms with Crippen LogP contribution in [0.15, 0.2) is 48.5 Å². The Morgan fingerprint density at radius 1 is 1.00 bits per heavy atom. The third kappa shape index (κ3) is 6.43. The Balaban J connectivity index is 1.65. The molecule has 0 radical (unpaired) electrons. The molecule has 142 valence electrons. The van der Waals surface area contributed by atoms with Gasteiger partial charge in [0.2, 0.25) is 5.91 Å². The number of non-ortho nitro benzene ring substituents is 1. The first-order chi connectivity index (χ1) is 13.0. The predicted molar refractivity (Wildman–Crippen MR) is 102 cm³/mol. The van der Waals surface area contributed by atoms with Crippen molar-refractivity contribution in [1.29, 1.82) is 0 Å². The quantitative estimate of drug-likeness (QED) is 0.376. The molecular formula is C19H22N4O4. The minimum absolute atomic E-state index is 0.0278. The molecule has 0 aliphatic heterocycles. The normalized spacial score (nSPS) is 10.1. The van der Waals surface area contributed by atoms with E-state index in [1.807, 2.05) is 19.1 Å². The van der Waals surface area contributed by atoms with Crippen LogP contribution in [0.25, 0.3) is 0 Å². The first kappa shape index (κ1) is 19.9. The highest BCUT2D eigenvalue weighted by atomic mass is 16.6. The van der Waals surface area contributed by atoms with Gasteiger partial charge in [0.15, 0.2) is 0 Å². The van der Waals surface area contributed by atoms with Gasteiger partial charge in [0, 0.05) is 36.3 Å². The highest BCUT2D eigenvalue weighted by Gasteiger charge is 2.07. The van der Waals surface area contributed by atoms with Gasteiger partial charge in [0.1, 0.15) is 0 Å². The number of nitrogens with zero attached hydrogens (tertiary/aromatic N) is 1. The van der Waals surface area contributed by atoms with E-state index in [0.717, 1.165) is 17.7 Å². The number of carbonyl (C=O) groups is 2. The Labute approximate surface area is 157 Å². The molecule has 2 amide bonds. The summed E-state index contributed by atoms with van der Waals surface area (Å²) in [7, 11) is 0. The topological polar surface area (TPSA) is 113 Å². The molecule has 2 aromatic carbocycles. The maximum absolute atomic E-state index is 12.0. The van der Waals surface area contributed by atoms with E-state index < -0.39 is 4.92 Å². The monoisotopic (exact) mass is 370 g/mol. The van der Waals surface area contributed by atoms with E-state index in [0.29, 0.717) is 18.5 Å². The fraction of sp³-hybridized carbons (Fsp3) is 0.263. The zero-order valence-electron chi connectivity index (χ0n) is 15.0. The van der Waals surface area contributed by atoms with Crippen molar-refractivity contribution in [1.82, 2.24) is 10.9 Å². The number of rotatable bonds is 8. The molecule has 0 saturated carbocycles. The first-order valence-electron chi connectivity index (χ1n) is 8.66. The molecule has 8 nitrogen and oxygen atoms in total. The van der Waals surface area contributed by atoms with E-state index >= 15 is 0 Å². The van der Waals surface area contributed by atoms with E-state index in [2.05, 4.69) is 16.2 Å². The molecule has 0 atom stereocenters. The van der Waals surface area contributed by atoms with Gasteiger partial charge in [0.05, 0.1) is 4.92 Å². The molecule has 0 aliphatic rings. The predicted octanol–water partition coefficient (Wildman–Crippen LogP) is 2.81. The molecule has 0 aromatic heterocycles. The Bertz CT molecular complexity index is 788. The maximum atomic E-state index is 12.0. The standard InChI is InChI=1S/C19H22N4O4/c1-2-14-5-7-15(8-6-14)19(25)22-21-18(24)4-3-13-20-16-9-11-17(12-10-16)23(26)27/h5-12,20H,2-4,13H2,1H3,(H,21,24)(H,22,25). The highest BCUT2D eigenvalue weighted by molar-refractivity contribution is 5.95. The third-order valence-corrected chi connectivity index (χ3v) is 3.93. The Kier molecular flexibility index (Phi) is 7.30. The number of hydrazine groups is 1. The summed E-state index contributed by atoms with van der Waals surface area (Å²) in [5.41, 5.74) is 7.16. The van der Waals surface area contributed by atoms with E-state index in [9.17, 15) is 19.7 Å². The molecular weight excluding hydrogens is 348 g/mol. The van der Waals surface area contributed by atoms with Crippen molar-refractivity contribution < 1.29 is 14.5 Å². The van der Waals surface area contributed by atoms with Crippen molar-refractivity contribution >= 4 is 23.2 Å². The van der Waals surface area contributed by atoms with E-state index in [1.54, 1.807) is 24.3 Å². The fourth-order valence-electron chi connectivity index (χ4n) is 2.34. The Morgan fingerprint density at radius 2 is 1.67 bits per heavy atom. The molecule has 8 heteroatoms. The van der Waals surface area contributed by atoms with Gasteiger partial charge in [-0.1, -0.05) is 19.1 Å². The van der Waals surface area contributed by atoms with Crippen LogP contribution in [0.5, 0.6) is 0 Å². The number of nitro benzene ring substituents is 1. The third-order valence-electron chi connectivity index (χ3n) is 3.93. The summed E-state index contributed by atoms with van der Waals surface area (Å²) >= 11 is 0. The van der Waals surface area contributed by atoms with Gasteiger partial charge in [-0.3, -0.25) is 30.6 Å². The number of aryl methyl sites for hydroxylation is 1. The molecule has 0 spiro atoms. The zero-order valence-corrected chi connectivity index (χ0v) is 15.0. The van der Waals surface area contributed by atoms with Crippen molar-refractivity contribution in [3.05, 3.63) is 69.8 Å². The summed E-state index contributed by atoms with van der Waals surface area (Å²) in [6, 6.07) is 13.2. The summed E-state index contributed by atoms with van der Waals surface area (Å²) in [6.07, 6.45) is 1.67. The fourth-order valence-corrected chi connectivity index (χ4v) is 2.34. The van der Waals surface area contributed by atoms with Crippen LogP contribution in [0.3, 0.4) is 0 Å². The zero-order chi connectivity index (χ0) is 19.6. The number of nitro groups is 1.